The SMILES string of the molecule is O=C1c2cccc(Br)c2C(=O)N1CCC1CNCCO1. The van der Waals surface area contributed by atoms with Crippen LogP contribution < -0.4 is 5.32 Å². The molecular formula is C14H15BrN2O3. The minimum Gasteiger partial charge on any atom is -0.376 e. The molecule has 1 aromatic rings. The minimum atomic E-state index is -0.221. The van der Waals surface area contributed by atoms with E-state index in [4.69, 9.17) is 4.74 Å². The number of ether oxygens (including phenoxy) is 1. The lowest BCUT2D eigenvalue weighted by molar-refractivity contribution is 0.0180. The fourth-order valence-electron chi connectivity index (χ4n) is 2.57. The van der Waals surface area contributed by atoms with E-state index < -0.39 is 0 Å². The number of morpholine rings is 1. The molecule has 0 radical (unpaired) electrons. The van der Waals surface area contributed by atoms with Crippen LogP contribution in [0.25, 0.3) is 0 Å². The van der Waals surface area contributed by atoms with Crippen molar-refractivity contribution < 1.29 is 14.3 Å². The predicted molar refractivity (Wildman–Crippen MR) is 76.7 cm³/mol. The van der Waals surface area contributed by atoms with Gasteiger partial charge in [-0.2, -0.15) is 0 Å². The van der Waals surface area contributed by atoms with Crippen molar-refractivity contribution in [3.63, 3.8) is 0 Å². The number of amides is 2. The highest BCUT2D eigenvalue weighted by atomic mass is 79.9. The molecule has 0 saturated carbocycles. The van der Waals surface area contributed by atoms with Crippen molar-refractivity contribution in [1.29, 1.82) is 0 Å². The lowest BCUT2D eigenvalue weighted by Gasteiger charge is -2.25. The third-order valence-electron chi connectivity index (χ3n) is 3.63. The summed E-state index contributed by atoms with van der Waals surface area (Å²) in [5.74, 6) is -0.434. The molecule has 0 bridgehead atoms. The standard InChI is InChI=1S/C14H15BrN2O3/c15-11-3-1-2-10-12(11)14(19)17(13(10)18)6-4-9-8-16-5-7-20-9/h1-3,9,16H,4-8H2. The van der Waals surface area contributed by atoms with E-state index in [1.807, 2.05) is 0 Å². The normalized spacial score (nSPS) is 22.2. The van der Waals surface area contributed by atoms with Gasteiger partial charge in [0, 0.05) is 24.1 Å². The molecule has 2 amide bonds. The summed E-state index contributed by atoms with van der Waals surface area (Å²) in [7, 11) is 0. The number of halogens is 1. The summed E-state index contributed by atoms with van der Waals surface area (Å²) in [4.78, 5) is 25.9. The zero-order valence-corrected chi connectivity index (χ0v) is 12.5. The van der Waals surface area contributed by atoms with E-state index in [1.165, 1.54) is 4.90 Å². The predicted octanol–water partition coefficient (Wildman–Crippen LogP) is 1.42. The molecule has 3 rings (SSSR count). The van der Waals surface area contributed by atoms with Gasteiger partial charge in [-0.05, 0) is 34.5 Å². The first-order valence-electron chi connectivity index (χ1n) is 6.65. The lowest BCUT2D eigenvalue weighted by Crippen LogP contribution is -2.41. The summed E-state index contributed by atoms with van der Waals surface area (Å²) in [5, 5.41) is 3.24. The van der Waals surface area contributed by atoms with E-state index in [0.717, 1.165) is 13.1 Å². The van der Waals surface area contributed by atoms with E-state index in [-0.39, 0.29) is 17.9 Å². The Bertz CT molecular complexity index is 555. The highest BCUT2D eigenvalue weighted by molar-refractivity contribution is 9.10. The molecule has 2 heterocycles. The van der Waals surface area contributed by atoms with Crippen molar-refractivity contribution in [1.82, 2.24) is 10.2 Å². The first kappa shape index (κ1) is 13.7. The average Bonchev–Trinajstić information content (AvgIpc) is 2.71. The van der Waals surface area contributed by atoms with Gasteiger partial charge in [0.1, 0.15) is 0 Å². The molecule has 1 N–H and O–H groups in total. The average molecular weight is 339 g/mol. The Kier molecular flexibility index (Phi) is 3.87. The van der Waals surface area contributed by atoms with Crippen LogP contribution >= 0.6 is 15.9 Å². The molecule has 0 aliphatic carbocycles. The zero-order chi connectivity index (χ0) is 14.1. The van der Waals surface area contributed by atoms with Gasteiger partial charge in [-0.3, -0.25) is 14.5 Å². The Labute approximate surface area is 125 Å². The second-order valence-corrected chi connectivity index (χ2v) is 5.76. The van der Waals surface area contributed by atoms with Gasteiger partial charge in [-0.1, -0.05) is 6.07 Å². The lowest BCUT2D eigenvalue weighted by atomic mass is 10.1. The van der Waals surface area contributed by atoms with Crippen LogP contribution in [0.3, 0.4) is 0 Å². The molecule has 20 heavy (non-hydrogen) atoms. The van der Waals surface area contributed by atoms with E-state index in [0.29, 0.717) is 35.2 Å². The van der Waals surface area contributed by atoms with Crippen molar-refractivity contribution >= 4 is 27.7 Å². The van der Waals surface area contributed by atoms with Crippen molar-refractivity contribution in [2.24, 2.45) is 0 Å². The largest absolute Gasteiger partial charge is 0.376 e. The van der Waals surface area contributed by atoms with Gasteiger partial charge in [0.2, 0.25) is 0 Å². The number of nitrogens with zero attached hydrogens (tertiary/aromatic N) is 1. The number of hydrogen-bond acceptors (Lipinski definition) is 4. The van der Waals surface area contributed by atoms with Gasteiger partial charge in [0.25, 0.3) is 11.8 Å². The summed E-state index contributed by atoms with van der Waals surface area (Å²) >= 11 is 3.34. The molecule has 1 atom stereocenters. The van der Waals surface area contributed by atoms with Crippen LogP contribution in [0, 0.1) is 0 Å². The highest BCUT2D eigenvalue weighted by Gasteiger charge is 2.37. The van der Waals surface area contributed by atoms with E-state index >= 15 is 0 Å². The first-order chi connectivity index (χ1) is 9.68. The Hall–Kier alpha value is -1.24. The smallest absolute Gasteiger partial charge is 0.262 e. The number of hydrogen-bond donors (Lipinski definition) is 1. The maximum Gasteiger partial charge on any atom is 0.262 e. The molecule has 106 valence electrons. The highest BCUT2D eigenvalue weighted by Crippen LogP contribution is 2.29. The van der Waals surface area contributed by atoms with Crippen molar-refractivity contribution in [3.05, 3.63) is 33.8 Å². The monoisotopic (exact) mass is 338 g/mol. The molecule has 2 aliphatic rings. The van der Waals surface area contributed by atoms with Gasteiger partial charge < -0.3 is 10.1 Å². The van der Waals surface area contributed by atoms with E-state index in [1.54, 1.807) is 18.2 Å². The van der Waals surface area contributed by atoms with Gasteiger partial charge in [-0.25, -0.2) is 0 Å². The Morgan fingerprint density at radius 1 is 1.35 bits per heavy atom. The fourth-order valence-corrected chi connectivity index (χ4v) is 3.11. The van der Waals surface area contributed by atoms with Crippen molar-refractivity contribution in [2.75, 3.05) is 26.2 Å². The quantitative estimate of drug-likeness (QED) is 0.847. The molecule has 1 saturated heterocycles. The van der Waals surface area contributed by atoms with E-state index in [2.05, 4.69) is 21.2 Å². The maximum absolute atomic E-state index is 12.3. The first-order valence-corrected chi connectivity index (χ1v) is 7.45. The van der Waals surface area contributed by atoms with Crippen LogP contribution in [0.2, 0.25) is 0 Å². The summed E-state index contributed by atoms with van der Waals surface area (Å²) in [5.41, 5.74) is 0.951. The summed E-state index contributed by atoms with van der Waals surface area (Å²) in [6, 6.07) is 5.24. The number of nitrogens with one attached hydrogen (secondary N) is 1. The number of carbonyl (C=O) groups excluding carboxylic acids is 2. The number of carbonyl (C=O) groups is 2. The number of fused-ring (bicyclic) bond motifs is 1. The van der Waals surface area contributed by atoms with Gasteiger partial charge in [0.05, 0.1) is 23.8 Å². The molecule has 1 unspecified atom stereocenters. The van der Waals surface area contributed by atoms with Crippen LogP contribution in [0.5, 0.6) is 0 Å². The van der Waals surface area contributed by atoms with Gasteiger partial charge in [0.15, 0.2) is 0 Å². The van der Waals surface area contributed by atoms with Crippen LogP contribution in [-0.4, -0.2) is 49.1 Å². The number of imide groups is 1. The maximum atomic E-state index is 12.3. The van der Waals surface area contributed by atoms with Gasteiger partial charge in [-0.15, -0.1) is 0 Å². The Balaban J connectivity index is 1.71. The molecule has 1 aromatic carbocycles. The number of benzene rings is 1. The summed E-state index contributed by atoms with van der Waals surface area (Å²) in [6.45, 7) is 2.70. The Morgan fingerprint density at radius 2 is 2.20 bits per heavy atom. The summed E-state index contributed by atoms with van der Waals surface area (Å²) in [6.07, 6.45) is 0.729. The van der Waals surface area contributed by atoms with Crippen LogP contribution in [0.15, 0.2) is 22.7 Å². The fraction of sp³-hybridized carbons (Fsp3) is 0.429. The van der Waals surface area contributed by atoms with Crippen LogP contribution in [0.1, 0.15) is 27.1 Å². The second kappa shape index (κ2) is 5.63. The molecule has 0 aromatic heterocycles. The minimum absolute atomic E-state index is 0.0662. The molecule has 5 nitrogen and oxygen atoms in total. The number of rotatable bonds is 3. The van der Waals surface area contributed by atoms with Gasteiger partial charge >= 0.3 is 0 Å². The van der Waals surface area contributed by atoms with E-state index in [9.17, 15) is 9.59 Å². The molecule has 2 aliphatic heterocycles. The van der Waals surface area contributed by atoms with Crippen molar-refractivity contribution in [2.45, 2.75) is 12.5 Å². The Morgan fingerprint density at radius 3 is 2.90 bits per heavy atom. The molecular weight excluding hydrogens is 324 g/mol. The third kappa shape index (κ3) is 2.39. The van der Waals surface area contributed by atoms with Crippen molar-refractivity contribution in [3.8, 4) is 0 Å². The summed E-state index contributed by atoms with van der Waals surface area (Å²) < 4.78 is 6.26. The molecule has 6 heteroatoms. The third-order valence-corrected chi connectivity index (χ3v) is 4.29. The topological polar surface area (TPSA) is 58.6 Å². The molecule has 1 fully saturated rings. The van der Waals surface area contributed by atoms with Crippen LogP contribution in [-0.2, 0) is 4.74 Å². The zero-order valence-electron chi connectivity index (χ0n) is 10.9. The van der Waals surface area contributed by atoms with Crippen LogP contribution in [0.4, 0.5) is 0 Å². The molecule has 0 spiro atoms. The second-order valence-electron chi connectivity index (χ2n) is 4.91.